The minimum atomic E-state index is -0.396. The standard InChI is InChI=1S/C8H19NO2/c1-7(2,3)9(10)11-8(4,5)6/h9H,1-6H3. The van der Waals surface area contributed by atoms with Gasteiger partial charge in [0.2, 0.25) is 0 Å². The average molecular weight is 161 g/mol. The summed E-state index contributed by atoms with van der Waals surface area (Å²) in [6.07, 6.45) is 0. The van der Waals surface area contributed by atoms with Gasteiger partial charge in [-0.15, -0.1) is 0 Å². The first-order valence-electron chi connectivity index (χ1n) is 3.86. The highest BCUT2D eigenvalue weighted by Gasteiger charge is 2.25. The molecule has 0 aliphatic carbocycles. The van der Waals surface area contributed by atoms with Crippen molar-refractivity contribution in [2.24, 2.45) is 0 Å². The van der Waals surface area contributed by atoms with E-state index in [1.165, 1.54) is 0 Å². The molecule has 0 amide bonds. The fourth-order valence-corrected chi connectivity index (χ4v) is 0.431. The maximum Gasteiger partial charge on any atom is 0.119 e. The molecule has 0 bridgehead atoms. The molecular formula is C8H19NO2. The Morgan fingerprint density at radius 2 is 1.36 bits per heavy atom. The van der Waals surface area contributed by atoms with Crippen LogP contribution in [0.3, 0.4) is 0 Å². The van der Waals surface area contributed by atoms with E-state index in [0.717, 1.165) is 0 Å². The molecule has 3 nitrogen and oxygen atoms in total. The van der Waals surface area contributed by atoms with E-state index < -0.39 is 5.54 Å². The van der Waals surface area contributed by atoms with Crippen molar-refractivity contribution in [3.05, 3.63) is 5.21 Å². The minimum absolute atomic E-state index is 0.148. The maximum absolute atomic E-state index is 11.3. The summed E-state index contributed by atoms with van der Waals surface area (Å²) in [7, 11) is 0. The van der Waals surface area contributed by atoms with Gasteiger partial charge in [-0.25, -0.2) is 5.23 Å². The Labute approximate surface area is 68.9 Å². The fourth-order valence-electron chi connectivity index (χ4n) is 0.431. The second-order valence-corrected chi connectivity index (χ2v) is 4.75. The molecule has 0 radical (unpaired) electrons. The number of quaternary nitrogens is 1. The lowest BCUT2D eigenvalue weighted by Crippen LogP contribution is -3.14. The van der Waals surface area contributed by atoms with Crippen molar-refractivity contribution in [2.45, 2.75) is 52.7 Å². The highest BCUT2D eigenvalue weighted by atomic mass is 16.9. The molecule has 1 N–H and O–H groups in total. The number of rotatable bonds is 1. The molecule has 0 heterocycles. The quantitative estimate of drug-likeness (QED) is 0.580. The third-order valence-corrected chi connectivity index (χ3v) is 1.01. The molecule has 0 aliphatic rings. The zero-order chi connectivity index (χ0) is 9.28. The van der Waals surface area contributed by atoms with Gasteiger partial charge in [0.25, 0.3) is 0 Å². The van der Waals surface area contributed by atoms with Gasteiger partial charge in [0.1, 0.15) is 11.1 Å². The van der Waals surface area contributed by atoms with Crippen LogP contribution in [-0.2, 0) is 4.84 Å². The van der Waals surface area contributed by atoms with Gasteiger partial charge in [-0.3, -0.25) is 0 Å². The Kier molecular flexibility index (Phi) is 3.06. The first-order chi connectivity index (χ1) is 4.63. The number of hydrogen-bond acceptors (Lipinski definition) is 2. The summed E-state index contributed by atoms with van der Waals surface area (Å²) in [5, 5.41) is 11.1. The van der Waals surface area contributed by atoms with Crippen LogP contribution in [0.15, 0.2) is 0 Å². The number of hydroxylamine groups is 2. The summed E-state index contributed by atoms with van der Waals surface area (Å²) in [5.41, 5.74) is -0.766. The third-order valence-electron chi connectivity index (χ3n) is 1.01. The Bertz CT molecular complexity index is 121. The van der Waals surface area contributed by atoms with Crippen molar-refractivity contribution in [2.75, 3.05) is 0 Å². The molecule has 0 rings (SSSR count). The molecule has 11 heavy (non-hydrogen) atoms. The highest BCUT2D eigenvalue weighted by Crippen LogP contribution is 2.03. The predicted octanol–water partition coefficient (Wildman–Crippen LogP) is 0.898. The third kappa shape index (κ3) is 5.18. The Morgan fingerprint density at radius 1 is 1.00 bits per heavy atom. The molecule has 0 aliphatic heterocycles. The summed E-state index contributed by atoms with van der Waals surface area (Å²) >= 11 is 0. The molecule has 0 spiro atoms. The highest BCUT2D eigenvalue weighted by molar-refractivity contribution is 4.57. The van der Waals surface area contributed by atoms with Crippen molar-refractivity contribution in [3.8, 4) is 0 Å². The van der Waals surface area contributed by atoms with Crippen LogP contribution in [0.25, 0.3) is 0 Å². The van der Waals surface area contributed by atoms with Gasteiger partial charge < -0.3 is 5.21 Å². The van der Waals surface area contributed by atoms with Crippen molar-refractivity contribution in [3.63, 3.8) is 0 Å². The van der Waals surface area contributed by atoms with E-state index in [-0.39, 0.29) is 10.8 Å². The van der Waals surface area contributed by atoms with Gasteiger partial charge in [-0.1, -0.05) is 0 Å². The van der Waals surface area contributed by atoms with E-state index in [1.807, 2.05) is 41.5 Å². The van der Waals surface area contributed by atoms with E-state index in [2.05, 4.69) is 0 Å². The summed E-state index contributed by atoms with van der Waals surface area (Å²) in [5.74, 6) is 0. The molecule has 0 fully saturated rings. The summed E-state index contributed by atoms with van der Waals surface area (Å²) in [6.45, 7) is 11.2. The molecule has 68 valence electrons. The van der Waals surface area contributed by atoms with Gasteiger partial charge in [-0.05, 0) is 41.5 Å². The Morgan fingerprint density at radius 3 is 1.45 bits per heavy atom. The maximum atomic E-state index is 11.3. The van der Waals surface area contributed by atoms with Crippen molar-refractivity contribution < 1.29 is 10.1 Å². The first kappa shape index (κ1) is 10.9. The lowest BCUT2D eigenvalue weighted by molar-refractivity contribution is -1.10. The van der Waals surface area contributed by atoms with Gasteiger partial charge in [0, 0.05) is 0 Å². The zero-order valence-electron chi connectivity index (χ0n) is 8.32. The van der Waals surface area contributed by atoms with Crippen molar-refractivity contribution >= 4 is 0 Å². The Balaban J connectivity index is 3.99. The monoisotopic (exact) mass is 161 g/mol. The van der Waals surface area contributed by atoms with Gasteiger partial charge in [0.05, 0.1) is 0 Å². The fraction of sp³-hybridized carbons (Fsp3) is 1.00. The van der Waals surface area contributed by atoms with Crippen LogP contribution in [0, 0.1) is 5.21 Å². The lowest BCUT2D eigenvalue weighted by Gasteiger charge is -2.36. The molecule has 1 atom stereocenters. The first-order valence-corrected chi connectivity index (χ1v) is 3.86. The lowest BCUT2D eigenvalue weighted by atomic mass is 10.1. The van der Waals surface area contributed by atoms with Crippen LogP contribution in [0.1, 0.15) is 41.5 Å². The number of hydrogen-bond donors (Lipinski definition) is 1. The molecular weight excluding hydrogens is 142 g/mol. The second-order valence-electron chi connectivity index (χ2n) is 4.75. The van der Waals surface area contributed by atoms with Gasteiger partial charge in [0.15, 0.2) is 0 Å². The molecule has 0 aromatic rings. The van der Waals surface area contributed by atoms with Crippen LogP contribution in [-0.4, -0.2) is 11.1 Å². The summed E-state index contributed by atoms with van der Waals surface area (Å²) in [4.78, 5) is 5.16. The van der Waals surface area contributed by atoms with Crippen LogP contribution in [0.4, 0.5) is 0 Å². The van der Waals surface area contributed by atoms with Crippen molar-refractivity contribution in [1.82, 2.24) is 0 Å². The largest absolute Gasteiger partial charge is 0.599 e. The average Bonchev–Trinajstić information content (AvgIpc) is 1.56. The van der Waals surface area contributed by atoms with Crippen LogP contribution in [0.2, 0.25) is 0 Å². The zero-order valence-corrected chi connectivity index (χ0v) is 8.32. The predicted molar refractivity (Wildman–Crippen MR) is 44.9 cm³/mol. The van der Waals surface area contributed by atoms with Crippen LogP contribution >= 0.6 is 0 Å². The van der Waals surface area contributed by atoms with E-state index in [1.54, 1.807) is 0 Å². The topological polar surface area (TPSA) is 36.7 Å². The minimum Gasteiger partial charge on any atom is -0.599 e. The van der Waals surface area contributed by atoms with E-state index in [9.17, 15) is 5.21 Å². The van der Waals surface area contributed by atoms with E-state index in [0.29, 0.717) is 0 Å². The molecule has 0 aromatic carbocycles. The molecule has 0 aromatic heterocycles. The summed E-state index contributed by atoms with van der Waals surface area (Å²) < 4.78 is 0. The molecule has 3 heteroatoms. The van der Waals surface area contributed by atoms with Crippen molar-refractivity contribution in [1.29, 1.82) is 0 Å². The molecule has 0 saturated heterocycles. The second kappa shape index (κ2) is 3.09. The number of nitrogens with one attached hydrogen (secondary N) is 1. The molecule has 1 unspecified atom stereocenters. The van der Waals surface area contributed by atoms with Crippen LogP contribution < -0.4 is 5.23 Å². The van der Waals surface area contributed by atoms with Crippen LogP contribution in [0.5, 0.6) is 0 Å². The smallest absolute Gasteiger partial charge is 0.119 e. The van der Waals surface area contributed by atoms with Gasteiger partial charge in [-0.2, -0.15) is 4.84 Å². The SMILES string of the molecule is CC(C)(C)O[NH+]([O-])C(C)(C)C. The summed E-state index contributed by atoms with van der Waals surface area (Å²) in [6, 6.07) is 0. The molecule has 0 saturated carbocycles. The normalized spacial score (nSPS) is 16.6. The Hall–Kier alpha value is -0.120. The van der Waals surface area contributed by atoms with E-state index >= 15 is 0 Å². The van der Waals surface area contributed by atoms with Gasteiger partial charge >= 0.3 is 0 Å². The van der Waals surface area contributed by atoms with E-state index in [4.69, 9.17) is 4.84 Å².